The van der Waals surface area contributed by atoms with Crippen LogP contribution in [0.3, 0.4) is 0 Å². The number of anilines is 1. The predicted octanol–water partition coefficient (Wildman–Crippen LogP) is 5.42. The van der Waals surface area contributed by atoms with Gasteiger partial charge in [-0.05, 0) is 63.5 Å². The van der Waals surface area contributed by atoms with Crippen molar-refractivity contribution in [3.05, 3.63) is 23.5 Å². The van der Waals surface area contributed by atoms with Crippen LogP contribution in [0.15, 0.2) is 12.1 Å². The fourth-order valence-electron chi connectivity index (χ4n) is 5.92. The van der Waals surface area contributed by atoms with Gasteiger partial charge in [0.15, 0.2) is 0 Å². The number of benzene rings is 1. The smallest absolute Gasteiger partial charge is 0.414 e. The zero-order chi connectivity index (χ0) is 21.4. The highest BCUT2D eigenvalue weighted by atomic mass is 16.5. The average molecular weight is 426 g/mol. The van der Waals surface area contributed by atoms with E-state index in [9.17, 15) is 4.79 Å². The van der Waals surface area contributed by atoms with Crippen LogP contribution >= 0.6 is 0 Å². The van der Waals surface area contributed by atoms with Crippen molar-refractivity contribution in [3.8, 4) is 0 Å². The Morgan fingerprint density at radius 1 is 1.13 bits per heavy atom. The lowest BCUT2D eigenvalue weighted by Crippen LogP contribution is -2.42. The molecule has 1 aliphatic carbocycles. The van der Waals surface area contributed by atoms with Crippen LogP contribution in [0.1, 0.15) is 75.7 Å². The Morgan fingerprint density at radius 2 is 1.90 bits per heavy atom. The van der Waals surface area contributed by atoms with Crippen LogP contribution in [-0.2, 0) is 22.3 Å². The molecule has 0 N–H and O–H groups in total. The summed E-state index contributed by atoms with van der Waals surface area (Å²) < 4.78 is 13.3. The molecule has 1 aromatic heterocycles. The second kappa shape index (κ2) is 8.81. The molecule has 2 aliphatic heterocycles. The van der Waals surface area contributed by atoms with E-state index >= 15 is 0 Å². The Labute approximate surface area is 184 Å². The largest absolute Gasteiger partial charge is 0.452 e. The first kappa shape index (κ1) is 20.8. The molecule has 6 nitrogen and oxygen atoms in total. The van der Waals surface area contributed by atoms with E-state index in [1.54, 1.807) is 0 Å². The van der Waals surface area contributed by atoms with Crippen molar-refractivity contribution in [2.75, 3.05) is 25.2 Å². The van der Waals surface area contributed by atoms with Gasteiger partial charge in [0.2, 0.25) is 0 Å². The monoisotopic (exact) mass is 425 g/mol. The second-order valence-corrected chi connectivity index (χ2v) is 9.61. The number of rotatable bonds is 3. The highest BCUT2D eigenvalue weighted by Gasteiger charge is 2.32. The molecular formula is C25H35N3O3. The first-order chi connectivity index (χ1) is 15.2. The van der Waals surface area contributed by atoms with Crippen molar-refractivity contribution in [3.63, 3.8) is 0 Å². The van der Waals surface area contributed by atoms with Gasteiger partial charge in [0.05, 0.1) is 23.8 Å². The molecule has 0 unspecified atom stereocenters. The number of carbonyl (C=O) groups is 1. The number of hydrogen-bond donors (Lipinski definition) is 0. The minimum Gasteiger partial charge on any atom is -0.452 e. The maximum Gasteiger partial charge on any atom is 0.414 e. The van der Waals surface area contributed by atoms with Gasteiger partial charge in [0.25, 0.3) is 0 Å². The average Bonchev–Trinajstić information content (AvgIpc) is 3.17. The third kappa shape index (κ3) is 3.84. The molecule has 3 aliphatic rings. The topological polar surface area (TPSA) is 56.6 Å². The summed E-state index contributed by atoms with van der Waals surface area (Å²) in [7, 11) is 1.46. The Kier molecular flexibility index (Phi) is 5.91. The molecule has 1 atom stereocenters. The predicted molar refractivity (Wildman–Crippen MR) is 122 cm³/mol. The van der Waals surface area contributed by atoms with Gasteiger partial charge in [0, 0.05) is 37.3 Å². The van der Waals surface area contributed by atoms with Crippen molar-refractivity contribution < 1.29 is 14.3 Å². The van der Waals surface area contributed by atoms with Crippen LogP contribution in [0.5, 0.6) is 0 Å². The number of nitrogens with zero attached hydrogens (tertiary/aromatic N) is 3. The van der Waals surface area contributed by atoms with Gasteiger partial charge in [-0.15, -0.1) is 0 Å². The van der Waals surface area contributed by atoms with Gasteiger partial charge in [-0.25, -0.2) is 9.78 Å². The number of fused-ring (bicyclic) bond motifs is 3. The summed E-state index contributed by atoms with van der Waals surface area (Å²) in [4.78, 5) is 19.6. The third-order valence-corrected chi connectivity index (χ3v) is 7.65. The van der Waals surface area contributed by atoms with Gasteiger partial charge < -0.3 is 14.0 Å². The van der Waals surface area contributed by atoms with Gasteiger partial charge in [-0.3, -0.25) is 4.90 Å². The number of carbonyl (C=O) groups excluding carboxylic acids is 1. The van der Waals surface area contributed by atoms with Crippen molar-refractivity contribution in [1.82, 2.24) is 9.55 Å². The molecule has 0 radical (unpaired) electrons. The summed E-state index contributed by atoms with van der Waals surface area (Å²) >= 11 is 0. The lowest BCUT2D eigenvalue weighted by atomic mass is 9.93. The number of imidazole rings is 1. The Bertz CT molecular complexity index is 941. The van der Waals surface area contributed by atoms with E-state index in [-0.39, 0.29) is 12.1 Å². The Morgan fingerprint density at radius 3 is 2.65 bits per heavy atom. The van der Waals surface area contributed by atoms with Crippen LogP contribution < -0.4 is 4.90 Å². The highest BCUT2D eigenvalue weighted by molar-refractivity contribution is 5.95. The minimum atomic E-state index is -0.276. The van der Waals surface area contributed by atoms with Crippen molar-refractivity contribution in [2.24, 2.45) is 5.92 Å². The van der Waals surface area contributed by atoms with E-state index in [4.69, 9.17) is 14.5 Å². The van der Waals surface area contributed by atoms with Crippen LogP contribution in [0, 0.1) is 5.92 Å². The molecule has 1 aromatic carbocycles. The van der Waals surface area contributed by atoms with Gasteiger partial charge in [-0.2, -0.15) is 0 Å². The second-order valence-electron chi connectivity index (χ2n) is 9.61. The number of methoxy groups -OCH3 is 1. The number of hydrogen-bond acceptors (Lipinski definition) is 4. The molecule has 3 heterocycles. The van der Waals surface area contributed by atoms with Crippen LogP contribution in [0.25, 0.3) is 11.0 Å². The SMILES string of the molecule is COC(=O)N1c2ccc3c(nc(CC4CCOCC4)n3C3CCCCC3)c2CC[C@@H]1C. The highest BCUT2D eigenvalue weighted by Crippen LogP contribution is 2.40. The number of ether oxygens (including phenoxy) is 2. The molecule has 2 fully saturated rings. The molecule has 1 saturated carbocycles. The molecule has 1 amide bonds. The number of aromatic nitrogens is 2. The van der Waals surface area contributed by atoms with E-state index in [0.29, 0.717) is 12.0 Å². The standard InChI is InChI=1S/C25H35N3O3/c1-17-8-9-20-21(27(17)25(29)30-2)10-11-22-24(20)26-23(16-18-12-14-31-15-13-18)28(22)19-6-4-3-5-7-19/h10-11,17-19H,3-9,12-16H2,1-2H3/t17-/m0/s1. The lowest BCUT2D eigenvalue weighted by Gasteiger charge is -2.34. The van der Waals surface area contributed by atoms with Crippen molar-refractivity contribution in [2.45, 2.75) is 83.2 Å². The molecule has 5 rings (SSSR count). The normalized spacial score (nSPS) is 23.2. The van der Waals surface area contributed by atoms with Crippen LogP contribution in [0.4, 0.5) is 10.5 Å². The number of amides is 1. The summed E-state index contributed by atoms with van der Waals surface area (Å²) in [5, 5.41) is 0. The summed E-state index contributed by atoms with van der Waals surface area (Å²) in [6.45, 7) is 3.84. The molecule has 168 valence electrons. The molecular weight excluding hydrogens is 390 g/mol. The maximum atomic E-state index is 12.5. The Balaban J connectivity index is 1.60. The first-order valence-electron chi connectivity index (χ1n) is 12.1. The van der Waals surface area contributed by atoms with E-state index in [0.717, 1.165) is 56.5 Å². The van der Waals surface area contributed by atoms with E-state index in [1.807, 2.05) is 4.90 Å². The zero-order valence-electron chi connectivity index (χ0n) is 18.9. The van der Waals surface area contributed by atoms with Gasteiger partial charge >= 0.3 is 6.09 Å². The fourth-order valence-corrected chi connectivity index (χ4v) is 5.92. The third-order valence-electron chi connectivity index (χ3n) is 7.65. The minimum absolute atomic E-state index is 0.138. The van der Waals surface area contributed by atoms with Gasteiger partial charge in [0.1, 0.15) is 5.82 Å². The van der Waals surface area contributed by atoms with E-state index in [1.165, 1.54) is 56.1 Å². The van der Waals surface area contributed by atoms with Gasteiger partial charge in [-0.1, -0.05) is 19.3 Å². The Hall–Kier alpha value is -2.08. The fraction of sp³-hybridized carbons (Fsp3) is 0.680. The summed E-state index contributed by atoms with van der Waals surface area (Å²) in [6.07, 6.45) is 11.3. The molecule has 2 aromatic rings. The van der Waals surface area contributed by atoms with E-state index < -0.39 is 0 Å². The summed E-state index contributed by atoms with van der Waals surface area (Å²) in [6, 6.07) is 5.02. The summed E-state index contributed by atoms with van der Waals surface area (Å²) in [5.74, 6) is 1.89. The quantitative estimate of drug-likeness (QED) is 0.659. The zero-order valence-corrected chi connectivity index (χ0v) is 18.9. The summed E-state index contributed by atoms with van der Waals surface area (Å²) in [5.41, 5.74) is 4.55. The molecule has 31 heavy (non-hydrogen) atoms. The molecule has 6 heteroatoms. The van der Waals surface area contributed by atoms with Crippen LogP contribution in [-0.4, -0.2) is 42.0 Å². The maximum absolute atomic E-state index is 12.5. The number of aryl methyl sites for hydroxylation is 1. The molecule has 0 spiro atoms. The van der Waals surface area contributed by atoms with Crippen LogP contribution in [0.2, 0.25) is 0 Å². The van der Waals surface area contributed by atoms with E-state index in [2.05, 4.69) is 23.6 Å². The molecule has 0 bridgehead atoms. The van der Waals surface area contributed by atoms with Crippen molar-refractivity contribution >= 4 is 22.8 Å². The van der Waals surface area contributed by atoms with Crippen molar-refractivity contribution in [1.29, 1.82) is 0 Å². The molecule has 1 saturated heterocycles. The lowest BCUT2D eigenvalue weighted by molar-refractivity contribution is 0.0656. The first-order valence-corrected chi connectivity index (χ1v) is 12.1.